The lowest BCUT2D eigenvalue weighted by Gasteiger charge is -2.44. The highest BCUT2D eigenvalue weighted by Crippen LogP contribution is 2.51. The molecule has 0 amide bonds. The van der Waals surface area contributed by atoms with Crippen LogP contribution in [0.3, 0.4) is 0 Å². The zero-order valence-electron chi connectivity index (χ0n) is 16.3. The summed E-state index contributed by atoms with van der Waals surface area (Å²) in [6.07, 6.45) is 4.14. The molecule has 0 radical (unpaired) electrons. The average molecular weight is 525 g/mol. The lowest BCUT2D eigenvalue weighted by Crippen LogP contribution is -2.40. The number of rotatable bonds is 4. The third-order valence-electron chi connectivity index (χ3n) is 5.97. The van der Waals surface area contributed by atoms with E-state index in [-0.39, 0.29) is 17.3 Å². The topological polar surface area (TPSA) is 66.8 Å². The molecule has 4 rings (SSSR count). The van der Waals surface area contributed by atoms with E-state index in [9.17, 15) is 14.7 Å². The summed E-state index contributed by atoms with van der Waals surface area (Å²) >= 11 is 6.90. The van der Waals surface area contributed by atoms with E-state index < -0.39 is 5.92 Å². The van der Waals surface area contributed by atoms with Crippen LogP contribution in [0, 0.1) is 0 Å². The minimum absolute atomic E-state index is 0.0686. The van der Waals surface area contributed by atoms with Crippen molar-refractivity contribution in [1.29, 1.82) is 0 Å². The highest BCUT2D eigenvalue weighted by Gasteiger charge is 2.44. The molecule has 1 heterocycles. The van der Waals surface area contributed by atoms with Gasteiger partial charge in [0.05, 0.1) is 11.1 Å². The smallest absolute Gasteiger partial charge is 0.161 e. The van der Waals surface area contributed by atoms with Crippen molar-refractivity contribution in [2.24, 2.45) is 0 Å². The van der Waals surface area contributed by atoms with Gasteiger partial charge >= 0.3 is 0 Å². The third-order valence-corrected chi connectivity index (χ3v) is 7.04. The van der Waals surface area contributed by atoms with Crippen molar-refractivity contribution in [2.45, 2.75) is 44.4 Å². The Morgan fingerprint density at radius 1 is 1.03 bits per heavy atom. The first-order valence-electron chi connectivity index (χ1n) is 9.91. The number of phenols is 1. The maximum absolute atomic E-state index is 13.1. The minimum Gasteiger partial charge on any atom is -0.506 e. The fraction of sp³-hybridized carbons (Fsp3) is 0.455. The number of methoxy groups -OCH3 is 1. The van der Waals surface area contributed by atoms with Crippen LogP contribution in [-0.2, 0) is 14.3 Å². The number of aromatic hydroxyl groups is 1. The fourth-order valence-electron chi connectivity index (χ4n) is 4.79. The molecule has 0 atom stereocenters. The van der Waals surface area contributed by atoms with E-state index in [2.05, 4.69) is 36.8 Å². The standard InChI is InChI=1S/C22H23Br2NO4/c1-29-9-8-25-15-4-2-6-17(26)20(15)19(21-16(25)5-3-7-18(21)27)13-10-12(23)11-14(24)22(13)28/h10-11,19,28H,2-9H2,1H3. The molecule has 0 saturated carbocycles. The predicted octanol–water partition coefficient (Wildman–Crippen LogP) is 4.98. The molecule has 0 saturated heterocycles. The number of halogens is 2. The average Bonchev–Trinajstić information content (AvgIpc) is 2.69. The van der Waals surface area contributed by atoms with Crippen LogP contribution in [0.1, 0.15) is 50.0 Å². The first-order chi connectivity index (χ1) is 13.9. The number of allylic oxidation sites excluding steroid dienone is 4. The Labute approximate surface area is 187 Å². The zero-order valence-corrected chi connectivity index (χ0v) is 19.4. The Morgan fingerprint density at radius 3 is 2.17 bits per heavy atom. The zero-order chi connectivity index (χ0) is 20.7. The van der Waals surface area contributed by atoms with Gasteiger partial charge in [0.1, 0.15) is 5.75 Å². The van der Waals surface area contributed by atoms with Gasteiger partial charge < -0.3 is 14.7 Å². The van der Waals surface area contributed by atoms with E-state index in [1.807, 2.05) is 6.07 Å². The summed E-state index contributed by atoms with van der Waals surface area (Å²) in [4.78, 5) is 28.4. The summed E-state index contributed by atoms with van der Waals surface area (Å²) in [7, 11) is 1.66. The number of ketones is 2. The van der Waals surface area contributed by atoms with Crippen LogP contribution in [-0.4, -0.2) is 41.8 Å². The Morgan fingerprint density at radius 2 is 1.62 bits per heavy atom. The van der Waals surface area contributed by atoms with Crippen LogP contribution in [0.5, 0.6) is 5.75 Å². The van der Waals surface area contributed by atoms with E-state index in [1.165, 1.54) is 0 Å². The predicted molar refractivity (Wildman–Crippen MR) is 117 cm³/mol. The van der Waals surface area contributed by atoms with Gasteiger partial charge in [0.15, 0.2) is 11.6 Å². The van der Waals surface area contributed by atoms with Crippen LogP contribution >= 0.6 is 31.9 Å². The number of Topliss-reactive ketones (excluding diaryl/α,β-unsaturated/α-hetero) is 2. The van der Waals surface area contributed by atoms with Crippen molar-refractivity contribution in [2.75, 3.05) is 20.3 Å². The van der Waals surface area contributed by atoms with E-state index in [0.717, 1.165) is 41.6 Å². The third kappa shape index (κ3) is 3.62. The number of phenolic OH excluding ortho intramolecular Hbond substituents is 1. The van der Waals surface area contributed by atoms with Crippen LogP contribution in [0.4, 0.5) is 0 Å². The van der Waals surface area contributed by atoms with Gasteiger partial charge in [-0.2, -0.15) is 0 Å². The van der Waals surface area contributed by atoms with Crippen LogP contribution in [0.2, 0.25) is 0 Å². The van der Waals surface area contributed by atoms with Gasteiger partial charge in [-0.15, -0.1) is 0 Å². The summed E-state index contributed by atoms with van der Waals surface area (Å²) in [5.74, 6) is -0.301. The molecular formula is C22H23Br2NO4. The summed E-state index contributed by atoms with van der Waals surface area (Å²) in [6, 6.07) is 3.59. The van der Waals surface area contributed by atoms with Crippen molar-refractivity contribution in [3.8, 4) is 5.75 Å². The Bertz CT molecular complexity index is 906. The first kappa shape index (κ1) is 20.8. The molecular weight excluding hydrogens is 502 g/mol. The van der Waals surface area contributed by atoms with E-state index >= 15 is 0 Å². The van der Waals surface area contributed by atoms with Crippen molar-refractivity contribution >= 4 is 43.4 Å². The summed E-state index contributed by atoms with van der Waals surface area (Å²) in [5, 5.41) is 10.9. The molecule has 3 aliphatic rings. The maximum atomic E-state index is 13.1. The summed E-state index contributed by atoms with van der Waals surface area (Å²) < 4.78 is 6.64. The van der Waals surface area contributed by atoms with E-state index in [1.54, 1.807) is 13.2 Å². The second kappa shape index (κ2) is 8.36. The molecule has 0 bridgehead atoms. The Hall–Kier alpha value is -1.44. The van der Waals surface area contributed by atoms with Gasteiger partial charge in [-0.25, -0.2) is 0 Å². The largest absolute Gasteiger partial charge is 0.506 e. The molecule has 5 nitrogen and oxygen atoms in total. The second-order valence-corrected chi connectivity index (χ2v) is 9.45. The molecule has 2 aliphatic carbocycles. The molecule has 0 spiro atoms. The van der Waals surface area contributed by atoms with Crippen molar-refractivity contribution in [3.63, 3.8) is 0 Å². The molecule has 1 aromatic carbocycles. The number of hydrogen-bond acceptors (Lipinski definition) is 5. The van der Waals surface area contributed by atoms with E-state index in [0.29, 0.717) is 47.2 Å². The van der Waals surface area contributed by atoms with Crippen LogP contribution in [0.15, 0.2) is 43.6 Å². The van der Waals surface area contributed by atoms with Crippen LogP contribution < -0.4 is 0 Å². The number of carbonyl (C=O) groups excluding carboxylic acids is 2. The van der Waals surface area contributed by atoms with Gasteiger partial charge in [0.2, 0.25) is 0 Å². The molecule has 0 unspecified atom stereocenters. The molecule has 154 valence electrons. The van der Waals surface area contributed by atoms with Gasteiger partial charge in [-0.1, -0.05) is 15.9 Å². The highest BCUT2D eigenvalue weighted by molar-refractivity contribution is 9.11. The number of carbonyl (C=O) groups is 2. The quantitative estimate of drug-likeness (QED) is 0.601. The maximum Gasteiger partial charge on any atom is 0.161 e. The molecule has 0 fully saturated rings. The number of hydrogen-bond donors (Lipinski definition) is 1. The van der Waals surface area contributed by atoms with Crippen molar-refractivity contribution < 1.29 is 19.4 Å². The SMILES string of the molecule is COCCN1C2=C(C(=O)CCC2)C(c2cc(Br)cc(Br)c2O)C2=C1CCCC2=O. The fourth-order valence-corrected chi connectivity index (χ4v) is 6.04. The highest BCUT2D eigenvalue weighted by atomic mass is 79.9. The van der Waals surface area contributed by atoms with Gasteiger partial charge in [0, 0.05) is 65.0 Å². The number of nitrogens with zero attached hydrogens (tertiary/aromatic N) is 1. The minimum atomic E-state index is -0.520. The lowest BCUT2D eigenvalue weighted by molar-refractivity contribution is -0.117. The Balaban J connectivity index is 1.98. The normalized spacial score (nSPS) is 20.3. The monoisotopic (exact) mass is 523 g/mol. The molecule has 7 heteroatoms. The first-order valence-corrected chi connectivity index (χ1v) is 11.5. The van der Waals surface area contributed by atoms with Gasteiger partial charge in [0.25, 0.3) is 0 Å². The van der Waals surface area contributed by atoms with Crippen molar-refractivity contribution in [3.05, 3.63) is 49.2 Å². The summed E-state index contributed by atoms with van der Waals surface area (Å²) in [5.41, 5.74) is 3.92. The van der Waals surface area contributed by atoms with Crippen molar-refractivity contribution in [1.82, 2.24) is 4.90 Å². The number of ether oxygens (including phenoxy) is 1. The second-order valence-electron chi connectivity index (χ2n) is 7.68. The van der Waals surface area contributed by atoms with E-state index in [4.69, 9.17) is 4.74 Å². The molecule has 1 aromatic rings. The van der Waals surface area contributed by atoms with Gasteiger partial charge in [-0.05, 0) is 53.7 Å². The molecule has 29 heavy (non-hydrogen) atoms. The number of benzene rings is 1. The summed E-state index contributed by atoms with van der Waals surface area (Å²) in [6.45, 7) is 1.14. The molecule has 1 aliphatic heterocycles. The molecule has 0 aromatic heterocycles. The molecule has 1 N–H and O–H groups in total. The van der Waals surface area contributed by atoms with Gasteiger partial charge in [-0.3, -0.25) is 9.59 Å². The van der Waals surface area contributed by atoms with Crippen LogP contribution in [0.25, 0.3) is 0 Å². The lowest BCUT2D eigenvalue weighted by atomic mass is 9.70. The Kier molecular flexibility index (Phi) is 6.00.